The minimum atomic E-state index is -4.03. The van der Waals surface area contributed by atoms with Crippen molar-refractivity contribution in [3.05, 3.63) is 98.2 Å². The van der Waals surface area contributed by atoms with Crippen LogP contribution in [0.25, 0.3) is 0 Å². The Bertz CT molecular complexity index is 1240. The maximum atomic E-state index is 13.4. The molecular formula is C23H20BrCl2FN2O3S. The van der Waals surface area contributed by atoms with Crippen LogP contribution in [0.15, 0.2) is 76.1 Å². The molecule has 174 valence electrons. The Morgan fingerprint density at radius 3 is 2.30 bits per heavy atom. The van der Waals surface area contributed by atoms with Crippen LogP contribution in [0.3, 0.4) is 0 Å². The zero-order valence-electron chi connectivity index (χ0n) is 17.4. The Labute approximate surface area is 210 Å². The van der Waals surface area contributed by atoms with E-state index in [0.717, 1.165) is 8.78 Å². The maximum absolute atomic E-state index is 13.4. The van der Waals surface area contributed by atoms with E-state index >= 15 is 0 Å². The van der Waals surface area contributed by atoms with Crippen LogP contribution in [-0.2, 0) is 21.4 Å². The van der Waals surface area contributed by atoms with Gasteiger partial charge in [-0.15, -0.1) is 0 Å². The van der Waals surface area contributed by atoms with E-state index in [2.05, 4.69) is 21.2 Å². The minimum Gasteiger partial charge on any atom is -0.348 e. The molecule has 0 bridgehead atoms. The first-order valence-corrected chi connectivity index (χ1v) is 12.8. The Morgan fingerprint density at radius 1 is 1.06 bits per heavy atom. The molecule has 0 fully saturated rings. The first-order chi connectivity index (χ1) is 15.6. The normalized spacial score (nSPS) is 12.5. The van der Waals surface area contributed by atoms with E-state index in [1.54, 1.807) is 43.3 Å². The number of amides is 1. The Kier molecular flexibility index (Phi) is 8.53. The van der Waals surface area contributed by atoms with Crippen molar-refractivity contribution in [2.24, 2.45) is 0 Å². The Hall–Kier alpha value is -1.97. The molecule has 3 aromatic carbocycles. The van der Waals surface area contributed by atoms with Crippen molar-refractivity contribution in [3.8, 4) is 0 Å². The molecule has 0 aromatic heterocycles. The lowest BCUT2D eigenvalue weighted by atomic mass is 10.1. The third-order valence-electron chi connectivity index (χ3n) is 4.88. The molecule has 0 radical (unpaired) electrons. The van der Waals surface area contributed by atoms with E-state index in [1.807, 2.05) is 0 Å². The van der Waals surface area contributed by atoms with Gasteiger partial charge in [-0.25, -0.2) is 12.8 Å². The van der Waals surface area contributed by atoms with Crippen LogP contribution < -0.4 is 5.32 Å². The smallest absolute Gasteiger partial charge is 0.243 e. The summed E-state index contributed by atoms with van der Waals surface area (Å²) in [6.45, 7) is 1.16. The van der Waals surface area contributed by atoms with E-state index in [0.29, 0.717) is 21.2 Å². The summed E-state index contributed by atoms with van der Waals surface area (Å²) in [6, 6.07) is 16.1. The van der Waals surface area contributed by atoms with Crippen LogP contribution in [0, 0.1) is 5.82 Å². The second-order valence-electron chi connectivity index (χ2n) is 7.30. The molecule has 0 heterocycles. The number of nitrogens with one attached hydrogen (secondary N) is 1. The van der Waals surface area contributed by atoms with E-state index in [1.165, 1.54) is 30.3 Å². The van der Waals surface area contributed by atoms with E-state index in [4.69, 9.17) is 23.2 Å². The second-order valence-corrected chi connectivity index (χ2v) is 11.0. The van der Waals surface area contributed by atoms with Crippen molar-refractivity contribution in [3.63, 3.8) is 0 Å². The van der Waals surface area contributed by atoms with Crippen molar-refractivity contribution in [1.29, 1.82) is 0 Å². The SMILES string of the molecule is C[C@@H](NC(=O)CN(Cc1ccc(Cl)cc1Cl)S(=O)(=O)c1ccc(Br)cc1)c1ccc(F)cc1. The number of carbonyl (C=O) groups is 1. The Balaban J connectivity index is 1.86. The molecule has 0 unspecified atom stereocenters. The molecule has 0 saturated carbocycles. The fourth-order valence-corrected chi connectivity index (χ4v) is 5.21. The topological polar surface area (TPSA) is 66.5 Å². The average Bonchev–Trinajstić information content (AvgIpc) is 2.75. The van der Waals surface area contributed by atoms with E-state index in [-0.39, 0.29) is 17.3 Å². The summed E-state index contributed by atoms with van der Waals surface area (Å²) in [4.78, 5) is 12.8. The predicted octanol–water partition coefficient (Wildman–Crippen LogP) is 5.96. The molecule has 5 nitrogen and oxygen atoms in total. The largest absolute Gasteiger partial charge is 0.348 e. The zero-order valence-corrected chi connectivity index (χ0v) is 21.3. The molecular weight excluding hydrogens is 554 g/mol. The molecule has 0 saturated heterocycles. The molecule has 3 aromatic rings. The number of benzene rings is 3. The molecule has 1 amide bonds. The fraction of sp³-hybridized carbons (Fsp3) is 0.174. The van der Waals surface area contributed by atoms with Gasteiger partial charge in [0.2, 0.25) is 15.9 Å². The summed E-state index contributed by atoms with van der Waals surface area (Å²) < 4.78 is 41.7. The molecule has 3 rings (SSSR count). The lowest BCUT2D eigenvalue weighted by molar-refractivity contribution is -0.122. The van der Waals surface area contributed by atoms with Crippen molar-refractivity contribution in [1.82, 2.24) is 9.62 Å². The van der Waals surface area contributed by atoms with Gasteiger partial charge in [-0.05, 0) is 66.6 Å². The average molecular weight is 574 g/mol. The monoisotopic (exact) mass is 572 g/mol. The number of rotatable bonds is 8. The molecule has 33 heavy (non-hydrogen) atoms. The predicted molar refractivity (Wildman–Crippen MR) is 131 cm³/mol. The van der Waals surface area contributed by atoms with Gasteiger partial charge in [-0.2, -0.15) is 4.31 Å². The quantitative estimate of drug-likeness (QED) is 0.361. The fourth-order valence-electron chi connectivity index (χ4n) is 3.10. The van der Waals surface area contributed by atoms with Crippen molar-refractivity contribution in [2.45, 2.75) is 24.4 Å². The Morgan fingerprint density at radius 2 is 1.70 bits per heavy atom. The highest BCUT2D eigenvalue weighted by molar-refractivity contribution is 9.10. The van der Waals surface area contributed by atoms with Crippen LogP contribution in [0.5, 0.6) is 0 Å². The highest BCUT2D eigenvalue weighted by Crippen LogP contribution is 2.26. The van der Waals surface area contributed by atoms with Crippen molar-refractivity contribution in [2.75, 3.05) is 6.54 Å². The zero-order chi connectivity index (χ0) is 24.2. The molecule has 10 heteroatoms. The standard InChI is InChI=1S/C23H20BrCl2FN2O3S/c1-15(16-3-8-20(27)9-4-16)28-23(30)14-29(13-17-2-7-19(25)12-22(17)26)33(31,32)21-10-5-18(24)6-11-21/h2-12,15H,13-14H2,1H3,(H,28,30)/t15-/m1/s1. The summed E-state index contributed by atoms with van der Waals surface area (Å²) in [5.41, 5.74) is 1.19. The van der Waals surface area contributed by atoms with Gasteiger partial charge in [0.15, 0.2) is 0 Å². The van der Waals surface area contributed by atoms with Gasteiger partial charge < -0.3 is 5.32 Å². The highest BCUT2D eigenvalue weighted by Gasteiger charge is 2.28. The number of carbonyl (C=O) groups excluding carboxylic acids is 1. The van der Waals surface area contributed by atoms with Crippen LogP contribution in [0.4, 0.5) is 4.39 Å². The number of sulfonamides is 1. The minimum absolute atomic E-state index is 0.0372. The van der Waals surface area contributed by atoms with Gasteiger partial charge in [0, 0.05) is 21.1 Å². The number of hydrogen-bond donors (Lipinski definition) is 1. The first kappa shape index (κ1) is 25.6. The third-order valence-corrected chi connectivity index (χ3v) is 7.80. The third kappa shape index (κ3) is 6.77. The molecule has 0 aliphatic heterocycles. The van der Waals surface area contributed by atoms with Crippen molar-refractivity contribution < 1.29 is 17.6 Å². The number of hydrogen-bond acceptors (Lipinski definition) is 3. The van der Waals surface area contributed by atoms with Crippen molar-refractivity contribution >= 4 is 55.1 Å². The molecule has 0 spiro atoms. The lowest BCUT2D eigenvalue weighted by Gasteiger charge is -2.24. The van der Waals surface area contributed by atoms with Gasteiger partial charge in [0.25, 0.3) is 0 Å². The molecule has 0 aliphatic rings. The van der Waals surface area contributed by atoms with Gasteiger partial charge >= 0.3 is 0 Å². The van der Waals surface area contributed by atoms with Gasteiger partial charge in [0.05, 0.1) is 17.5 Å². The highest BCUT2D eigenvalue weighted by atomic mass is 79.9. The van der Waals surface area contributed by atoms with Crippen LogP contribution in [0.1, 0.15) is 24.1 Å². The van der Waals surface area contributed by atoms with Gasteiger partial charge in [0.1, 0.15) is 5.82 Å². The van der Waals surface area contributed by atoms with Crippen LogP contribution >= 0.6 is 39.1 Å². The summed E-state index contributed by atoms with van der Waals surface area (Å²) in [5.74, 6) is -0.901. The molecule has 1 atom stereocenters. The summed E-state index contributed by atoms with van der Waals surface area (Å²) in [5, 5.41) is 3.46. The second kappa shape index (κ2) is 11.0. The lowest BCUT2D eigenvalue weighted by Crippen LogP contribution is -2.41. The molecule has 0 aliphatic carbocycles. The van der Waals surface area contributed by atoms with Crippen LogP contribution in [-0.4, -0.2) is 25.2 Å². The van der Waals surface area contributed by atoms with Crippen LogP contribution in [0.2, 0.25) is 10.0 Å². The number of halogens is 4. The maximum Gasteiger partial charge on any atom is 0.243 e. The summed E-state index contributed by atoms with van der Waals surface area (Å²) in [6.07, 6.45) is 0. The first-order valence-electron chi connectivity index (χ1n) is 9.81. The van der Waals surface area contributed by atoms with E-state index < -0.39 is 28.5 Å². The van der Waals surface area contributed by atoms with E-state index in [9.17, 15) is 17.6 Å². The molecule has 1 N–H and O–H groups in total. The van der Waals surface area contributed by atoms with Gasteiger partial charge in [-0.3, -0.25) is 4.79 Å². The summed E-state index contributed by atoms with van der Waals surface area (Å²) >= 11 is 15.5. The number of nitrogens with zero attached hydrogens (tertiary/aromatic N) is 1. The van der Waals surface area contributed by atoms with Gasteiger partial charge in [-0.1, -0.05) is 57.3 Å². The summed E-state index contributed by atoms with van der Waals surface area (Å²) in [7, 11) is -4.03.